The second-order valence-corrected chi connectivity index (χ2v) is 6.09. The molecule has 2 rings (SSSR count). The van der Waals surface area contributed by atoms with Crippen LogP contribution in [-0.4, -0.2) is 16.2 Å². The minimum Gasteiger partial charge on any atom is -0.465 e. The maximum absolute atomic E-state index is 10.6. The van der Waals surface area contributed by atoms with Crippen molar-refractivity contribution in [2.75, 3.05) is 5.32 Å². The molecule has 0 radical (unpaired) electrons. The van der Waals surface area contributed by atoms with Crippen LogP contribution in [0.4, 0.5) is 10.6 Å². The topological polar surface area (TPSA) is 62.2 Å². The van der Waals surface area contributed by atoms with Gasteiger partial charge in [-0.05, 0) is 63.8 Å². The molecule has 0 saturated carbocycles. The number of carbonyl (C=O) groups is 1. The fraction of sp³-hybridized carbons (Fsp3) is 0.286. The molecule has 2 heterocycles. The van der Waals surface area contributed by atoms with Crippen molar-refractivity contribution in [3.63, 3.8) is 0 Å². The van der Waals surface area contributed by atoms with E-state index in [0.29, 0.717) is 5.82 Å². The predicted molar refractivity (Wildman–Crippen MR) is 84.7 cm³/mol. The van der Waals surface area contributed by atoms with Crippen LogP contribution < -0.4 is 5.32 Å². The number of rotatable bonds is 5. The van der Waals surface area contributed by atoms with E-state index in [1.807, 2.05) is 6.07 Å². The van der Waals surface area contributed by atoms with Gasteiger partial charge in [-0.2, -0.15) is 0 Å². The van der Waals surface area contributed by atoms with Crippen molar-refractivity contribution in [3.05, 3.63) is 44.2 Å². The highest BCUT2D eigenvalue weighted by Crippen LogP contribution is 2.30. The number of nitrogens with zero attached hydrogens (tertiary/aromatic N) is 1. The summed E-state index contributed by atoms with van der Waals surface area (Å²) in [6.07, 6.45) is 3.35. The van der Waals surface area contributed by atoms with Crippen LogP contribution in [0.1, 0.15) is 22.9 Å². The molecule has 0 saturated heterocycles. The van der Waals surface area contributed by atoms with E-state index in [9.17, 15) is 4.79 Å². The first-order valence-electron chi connectivity index (χ1n) is 6.29. The maximum Gasteiger partial charge on any atom is 0.410 e. The summed E-state index contributed by atoms with van der Waals surface area (Å²) in [4.78, 5) is 15.9. The third-order valence-electron chi connectivity index (χ3n) is 2.95. The Bertz CT molecular complexity index is 613. The monoisotopic (exact) mass is 354 g/mol. The van der Waals surface area contributed by atoms with Gasteiger partial charge in [0.2, 0.25) is 0 Å². The Morgan fingerprint density at radius 3 is 2.95 bits per heavy atom. The Labute approximate surface area is 130 Å². The normalized spacial score (nSPS) is 10.5. The van der Waals surface area contributed by atoms with Gasteiger partial charge in [0.1, 0.15) is 5.82 Å². The van der Waals surface area contributed by atoms with Gasteiger partial charge < -0.3 is 5.11 Å². The molecule has 0 atom stereocenters. The molecule has 0 aromatic carbocycles. The third kappa shape index (κ3) is 3.80. The molecule has 20 heavy (non-hydrogen) atoms. The molecule has 0 spiro atoms. The van der Waals surface area contributed by atoms with Gasteiger partial charge in [0.25, 0.3) is 0 Å². The molecule has 0 aliphatic rings. The number of amides is 1. The van der Waals surface area contributed by atoms with Gasteiger partial charge >= 0.3 is 6.09 Å². The molecule has 1 amide bonds. The molecule has 2 N–H and O–H groups in total. The van der Waals surface area contributed by atoms with Gasteiger partial charge in [-0.3, -0.25) is 5.32 Å². The number of anilines is 1. The average molecular weight is 355 g/mol. The van der Waals surface area contributed by atoms with Crippen molar-refractivity contribution < 1.29 is 9.90 Å². The van der Waals surface area contributed by atoms with E-state index in [4.69, 9.17) is 5.11 Å². The Balaban J connectivity index is 2.03. The van der Waals surface area contributed by atoms with E-state index < -0.39 is 6.09 Å². The van der Waals surface area contributed by atoms with Crippen molar-refractivity contribution in [2.24, 2.45) is 0 Å². The predicted octanol–water partition coefficient (Wildman–Crippen LogP) is 4.34. The molecule has 4 nitrogen and oxygen atoms in total. The zero-order valence-corrected chi connectivity index (χ0v) is 13.4. The number of hydrogen-bond acceptors (Lipinski definition) is 3. The number of hydrogen-bond donors (Lipinski definition) is 2. The van der Waals surface area contributed by atoms with Crippen LogP contribution in [0.5, 0.6) is 0 Å². The van der Waals surface area contributed by atoms with Crippen LogP contribution in [0, 0.1) is 0 Å². The third-order valence-corrected chi connectivity index (χ3v) is 5.30. The van der Waals surface area contributed by atoms with E-state index in [2.05, 4.69) is 38.5 Å². The second kappa shape index (κ2) is 6.85. The number of nitrogens with one attached hydrogen (secondary N) is 1. The maximum atomic E-state index is 10.6. The van der Waals surface area contributed by atoms with Crippen molar-refractivity contribution in [2.45, 2.75) is 26.2 Å². The van der Waals surface area contributed by atoms with Gasteiger partial charge in [0.15, 0.2) is 0 Å². The first-order valence-corrected chi connectivity index (χ1v) is 7.97. The number of carboxylic acid groups (broad SMARTS) is 1. The lowest BCUT2D eigenvalue weighted by Crippen LogP contribution is -2.08. The Kier molecular flexibility index (Phi) is 5.14. The summed E-state index contributed by atoms with van der Waals surface area (Å²) in [7, 11) is 0. The van der Waals surface area contributed by atoms with E-state index >= 15 is 0 Å². The van der Waals surface area contributed by atoms with E-state index in [1.165, 1.54) is 14.9 Å². The molecule has 0 fully saturated rings. The van der Waals surface area contributed by atoms with E-state index in [-0.39, 0.29) is 0 Å². The summed E-state index contributed by atoms with van der Waals surface area (Å²) >= 11 is 5.40. The zero-order chi connectivity index (χ0) is 14.5. The van der Waals surface area contributed by atoms with Crippen LogP contribution in [0.3, 0.4) is 0 Å². The zero-order valence-electron chi connectivity index (χ0n) is 11.0. The van der Waals surface area contributed by atoms with E-state index in [0.717, 1.165) is 24.8 Å². The van der Waals surface area contributed by atoms with Crippen LogP contribution >= 0.6 is 27.3 Å². The summed E-state index contributed by atoms with van der Waals surface area (Å²) < 4.78 is 1.21. The number of aryl methyl sites for hydroxylation is 3. The standard InChI is InChI=1S/C14H15BrN2O2S/c1-2-10-8-20-11(13(10)15)4-3-9-5-6-16-12(7-9)17-14(18)19/h5-8H,2-4H2,1H3,(H,16,17)(H,18,19). The van der Waals surface area contributed by atoms with Crippen LogP contribution in [0.25, 0.3) is 0 Å². The molecule has 106 valence electrons. The molecule has 2 aromatic rings. The lowest BCUT2D eigenvalue weighted by molar-refractivity contribution is 0.209. The van der Waals surface area contributed by atoms with Crippen molar-refractivity contribution in [1.82, 2.24) is 4.98 Å². The summed E-state index contributed by atoms with van der Waals surface area (Å²) in [5.74, 6) is 0.370. The fourth-order valence-corrected chi connectivity index (χ4v) is 3.95. The van der Waals surface area contributed by atoms with Crippen LogP contribution in [-0.2, 0) is 19.3 Å². The van der Waals surface area contributed by atoms with Gasteiger partial charge in [0, 0.05) is 15.5 Å². The summed E-state index contributed by atoms with van der Waals surface area (Å²) in [6.45, 7) is 2.14. The lowest BCUT2D eigenvalue weighted by Gasteiger charge is -2.04. The van der Waals surface area contributed by atoms with Crippen molar-refractivity contribution >= 4 is 39.2 Å². The molecule has 0 aliphatic carbocycles. The summed E-state index contributed by atoms with van der Waals surface area (Å²) in [5, 5.41) is 13.1. The highest BCUT2D eigenvalue weighted by Gasteiger charge is 2.08. The Hall–Kier alpha value is -1.40. The van der Waals surface area contributed by atoms with Gasteiger partial charge in [-0.1, -0.05) is 6.92 Å². The fourth-order valence-electron chi connectivity index (χ4n) is 1.90. The lowest BCUT2D eigenvalue weighted by atomic mass is 10.1. The first-order chi connectivity index (χ1) is 9.60. The highest BCUT2D eigenvalue weighted by molar-refractivity contribution is 9.10. The van der Waals surface area contributed by atoms with Crippen LogP contribution in [0.2, 0.25) is 0 Å². The molecular formula is C14H15BrN2O2S. The minimum absolute atomic E-state index is 0.370. The van der Waals surface area contributed by atoms with Gasteiger partial charge in [-0.15, -0.1) is 11.3 Å². The molecule has 0 bridgehead atoms. The van der Waals surface area contributed by atoms with Crippen LogP contribution in [0.15, 0.2) is 28.2 Å². The van der Waals surface area contributed by atoms with Crippen molar-refractivity contribution in [1.29, 1.82) is 0 Å². The first kappa shape index (κ1) is 15.0. The van der Waals surface area contributed by atoms with Gasteiger partial charge in [-0.25, -0.2) is 9.78 Å². The largest absolute Gasteiger partial charge is 0.465 e. The minimum atomic E-state index is -1.09. The average Bonchev–Trinajstić information content (AvgIpc) is 2.76. The van der Waals surface area contributed by atoms with Gasteiger partial charge in [0.05, 0.1) is 0 Å². The number of thiophene rings is 1. The molecule has 0 aliphatic heterocycles. The highest BCUT2D eigenvalue weighted by atomic mass is 79.9. The number of pyridine rings is 1. The molecule has 0 unspecified atom stereocenters. The van der Waals surface area contributed by atoms with E-state index in [1.54, 1.807) is 23.6 Å². The molecule has 2 aromatic heterocycles. The molecule has 6 heteroatoms. The van der Waals surface area contributed by atoms with Crippen molar-refractivity contribution in [3.8, 4) is 0 Å². The molecular weight excluding hydrogens is 340 g/mol. The number of aromatic nitrogens is 1. The Morgan fingerprint density at radius 2 is 2.30 bits per heavy atom. The second-order valence-electron chi connectivity index (χ2n) is 4.33. The summed E-state index contributed by atoms with van der Waals surface area (Å²) in [6, 6.07) is 3.69. The SMILES string of the molecule is CCc1csc(CCc2ccnc(NC(=O)O)c2)c1Br. The number of halogens is 1. The Morgan fingerprint density at radius 1 is 1.50 bits per heavy atom. The smallest absolute Gasteiger partial charge is 0.410 e. The summed E-state index contributed by atoms with van der Waals surface area (Å²) in [5.41, 5.74) is 2.41. The quantitative estimate of drug-likeness (QED) is 0.839.